The van der Waals surface area contributed by atoms with Crippen LogP contribution in [0.4, 0.5) is 0 Å². The van der Waals surface area contributed by atoms with Crippen LogP contribution in [0.25, 0.3) is 10.9 Å². The number of piperidine rings is 3. The first-order valence-corrected chi connectivity index (χ1v) is 12.0. The van der Waals surface area contributed by atoms with Gasteiger partial charge in [-0.3, -0.25) is 0 Å². The van der Waals surface area contributed by atoms with Crippen molar-refractivity contribution in [3.63, 3.8) is 0 Å². The maximum absolute atomic E-state index is 12.0. The largest absolute Gasteiger partial charge is 1.00 e. The quantitative estimate of drug-likeness (QED) is 0.374. The monoisotopic (exact) mass is 455 g/mol. The molecule has 2 aromatic carbocycles. The molecule has 0 saturated carbocycles. The van der Waals surface area contributed by atoms with E-state index in [1.807, 2.05) is 24.3 Å². The molecular formula is C27H34LiN3O3. The van der Waals surface area contributed by atoms with Crippen molar-refractivity contribution in [2.24, 2.45) is 5.41 Å². The van der Waals surface area contributed by atoms with Crippen LogP contribution in [0.3, 0.4) is 0 Å². The summed E-state index contributed by atoms with van der Waals surface area (Å²) in [4.78, 5) is 14.6. The maximum Gasteiger partial charge on any atom is 1.00 e. The Labute approximate surface area is 214 Å². The van der Waals surface area contributed by atoms with E-state index >= 15 is 0 Å². The summed E-state index contributed by atoms with van der Waals surface area (Å²) in [5.41, 5.74) is 4.07. The van der Waals surface area contributed by atoms with Gasteiger partial charge < -0.3 is 26.1 Å². The summed E-state index contributed by atoms with van der Waals surface area (Å²) >= 11 is 0. The van der Waals surface area contributed by atoms with Gasteiger partial charge in [0.2, 0.25) is 0 Å². The number of methoxy groups -OCH3 is 1. The molecule has 7 heteroatoms. The number of ether oxygens (including phenoxy) is 1. The number of carboxylic acids is 1. The molecule has 0 atom stereocenters. The van der Waals surface area contributed by atoms with Gasteiger partial charge in [-0.05, 0) is 92.7 Å². The first-order chi connectivity index (χ1) is 16.1. The molecular weight excluding hydrogens is 421 g/mol. The van der Waals surface area contributed by atoms with Crippen LogP contribution in [0.1, 0.15) is 42.2 Å². The molecule has 1 aromatic heterocycles. The van der Waals surface area contributed by atoms with Crippen molar-refractivity contribution < 1.29 is 34.9 Å². The van der Waals surface area contributed by atoms with E-state index in [-0.39, 0.29) is 20.3 Å². The molecule has 34 heavy (non-hydrogen) atoms. The van der Waals surface area contributed by atoms with Crippen LogP contribution in [-0.2, 0) is 13.0 Å². The van der Waals surface area contributed by atoms with Gasteiger partial charge in [0.25, 0.3) is 0 Å². The summed E-state index contributed by atoms with van der Waals surface area (Å²) in [5.74, 6) is -0.0380. The Bertz CT molecular complexity index is 1130. The third-order valence-electron chi connectivity index (χ3n) is 7.67. The Morgan fingerprint density at radius 3 is 2.47 bits per heavy atom. The van der Waals surface area contributed by atoms with Crippen molar-refractivity contribution in [3.05, 3.63) is 65.4 Å². The number of aromatic nitrogens is 1. The van der Waals surface area contributed by atoms with Gasteiger partial charge in [-0.2, -0.15) is 0 Å². The second-order valence-corrected chi connectivity index (χ2v) is 9.65. The van der Waals surface area contributed by atoms with Gasteiger partial charge in [0, 0.05) is 30.2 Å². The van der Waals surface area contributed by atoms with Crippen LogP contribution in [-0.4, -0.2) is 60.4 Å². The van der Waals surface area contributed by atoms with E-state index in [9.17, 15) is 9.90 Å². The second-order valence-electron chi connectivity index (χ2n) is 9.65. The van der Waals surface area contributed by atoms with E-state index in [1.54, 1.807) is 13.2 Å². The molecule has 0 spiro atoms. The number of aromatic carboxylic acids is 1. The fourth-order valence-electron chi connectivity index (χ4n) is 5.60. The molecule has 3 aliphatic heterocycles. The van der Waals surface area contributed by atoms with Crippen LogP contribution in [0, 0.1) is 5.41 Å². The number of hydrogen-bond acceptors (Lipinski definition) is 4. The number of rotatable bonds is 9. The molecule has 0 radical (unpaired) electrons. The molecule has 3 saturated heterocycles. The van der Waals surface area contributed by atoms with Crippen molar-refractivity contribution in [2.45, 2.75) is 32.2 Å². The molecule has 3 aliphatic rings. The molecule has 4 heterocycles. The van der Waals surface area contributed by atoms with Crippen LogP contribution >= 0.6 is 0 Å². The Kier molecular flexibility index (Phi) is 7.74. The number of fused-ring (bicyclic) bond motifs is 4. The number of benzene rings is 2. The minimum absolute atomic E-state index is 0. The molecule has 6 rings (SSSR count). The molecule has 3 aromatic rings. The number of nitrogens with one attached hydrogen (secondary N) is 1. The van der Waals surface area contributed by atoms with E-state index < -0.39 is 5.97 Å². The van der Waals surface area contributed by atoms with Gasteiger partial charge in [-0.15, -0.1) is 0 Å². The second kappa shape index (κ2) is 10.6. The van der Waals surface area contributed by atoms with Crippen LogP contribution < -0.4 is 28.9 Å². The topological polar surface area (TPSA) is 66.7 Å². The average molecular weight is 456 g/mol. The predicted molar refractivity (Wildman–Crippen MR) is 131 cm³/mol. The van der Waals surface area contributed by atoms with Crippen molar-refractivity contribution >= 4 is 16.9 Å². The van der Waals surface area contributed by atoms with E-state index in [0.29, 0.717) is 17.5 Å². The molecule has 0 unspecified atom stereocenters. The third-order valence-corrected chi connectivity index (χ3v) is 7.67. The molecule has 3 fully saturated rings. The molecule has 6 nitrogen and oxygen atoms in total. The predicted octanol–water partition coefficient (Wildman–Crippen LogP) is 1.13. The number of carbonyl (C=O) groups is 1. The van der Waals surface area contributed by atoms with Crippen molar-refractivity contribution in [3.8, 4) is 5.75 Å². The smallest absolute Gasteiger partial charge is 1.00 e. The van der Waals surface area contributed by atoms with E-state index in [1.165, 1.54) is 38.9 Å². The van der Waals surface area contributed by atoms with E-state index in [0.717, 1.165) is 47.3 Å². The van der Waals surface area contributed by atoms with E-state index in [2.05, 4.69) is 33.1 Å². The minimum Gasteiger partial charge on any atom is -1.00 e. The Morgan fingerprint density at radius 2 is 1.82 bits per heavy atom. The SMILES string of the molecule is COc1ccc(Cn2cc(CCNCC34CCN(CC3)CC4)c3c(C(=O)O)cccc32)cc1.[H-].[Li+]. The summed E-state index contributed by atoms with van der Waals surface area (Å²) in [5, 5.41) is 14.4. The zero-order valence-corrected chi connectivity index (χ0v) is 20.3. The molecule has 176 valence electrons. The normalized spacial score (nSPS) is 21.4. The first-order valence-electron chi connectivity index (χ1n) is 12.0. The fourth-order valence-corrected chi connectivity index (χ4v) is 5.60. The van der Waals surface area contributed by atoms with Crippen LogP contribution in [0.5, 0.6) is 5.75 Å². The standard InChI is InChI=1S/C27H33N3O3.Li.H/c1-33-22-7-5-20(6-8-22)17-30-18-21(25-23(26(31)32)3-2-4-24(25)30)9-13-28-19-27-10-14-29(15-11-27)16-12-27;;/h2-8,18,28H,9-17,19H2,1H3,(H,31,32);;/q;+1;-1. The van der Waals surface area contributed by atoms with Gasteiger partial charge in [0.15, 0.2) is 0 Å². The summed E-state index contributed by atoms with van der Waals surface area (Å²) in [6.45, 7) is 6.34. The molecule has 0 amide bonds. The summed E-state index contributed by atoms with van der Waals surface area (Å²) in [6.07, 6.45) is 6.85. The van der Waals surface area contributed by atoms with Gasteiger partial charge in [-0.1, -0.05) is 18.2 Å². The Balaban J connectivity index is 0.00000171. The molecule has 0 aliphatic carbocycles. The minimum atomic E-state index is -0.870. The van der Waals surface area contributed by atoms with Gasteiger partial charge in [-0.25, -0.2) is 4.79 Å². The average Bonchev–Trinajstić information content (AvgIpc) is 3.21. The number of carboxylic acid groups (broad SMARTS) is 1. The van der Waals surface area contributed by atoms with Crippen LogP contribution in [0.15, 0.2) is 48.7 Å². The number of hydrogen-bond donors (Lipinski definition) is 2. The fraction of sp³-hybridized carbons (Fsp3) is 0.444. The number of nitrogens with zero attached hydrogens (tertiary/aromatic N) is 2. The van der Waals surface area contributed by atoms with Crippen molar-refractivity contribution in [1.82, 2.24) is 14.8 Å². The van der Waals surface area contributed by atoms with E-state index in [4.69, 9.17) is 4.74 Å². The zero-order valence-electron chi connectivity index (χ0n) is 21.3. The van der Waals surface area contributed by atoms with Gasteiger partial charge in [0.05, 0.1) is 12.7 Å². The zero-order chi connectivity index (χ0) is 22.8. The Hall–Kier alpha value is -2.23. The van der Waals surface area contributed by atoms with Crippen LogP contribution in [0.2, 0.25) is 0 Å². The molecule has 2 N–H and O–H groups in total. The summed E-state index contributed by atoms with van der Waals surface area (Å²) < 4.78 is 7.45. The molecule has 2 bridgehead atoms. The van der Waals surface area contributed by atoms with Crippen molar-refractivity contribution in [1.29, 1.82) is 0 Å². The van der Waals surface area contributed by atoms with Gasteiger partial charge >= 0.3 is 24.8 Å². The maximum atomic E-state index is 12.0. The first kappa shape index (κ1) is 24.9. The Morgan fingerprint density at radius 1 is 1.12 bits per heavy atom. The summed E-state index contributed by atoms with van der Waals surface area (Å²) in [7, 11) is 1.67. The van der Waals surface area contributed by atoms with Gasteiger partial charge in [0.1, 0.15) is 5.75 Å². The third kappa shape index (κ3) is 5.06. The summed E-state index contributed by atoms with van der Waals surface area (Å²) in [6, 6.07) is 13.6. The van der Waals surface area contributed by atoms with Crippen molar-refractivity contribution in [2.75, 3.05) is 39.8 Å².